The van der Waals surface area contributed by atoms with Crippen molar-refractivity contribution in [2.75, 3.05) is 12.4 Å². The summed E-state index contributed by atoms with van der Waals surface area (Å²) in [7, 11) is 1.71. The Hall–Kier alpha value is -2.63. The Labute approximate surface area is 154 Å². The summed E-state index contributed by atoms with van der Waals surface area (Å²) in [5.74, 6) is -0.930. The molecule has 4 nitrogen and oxygen atoms in total. The molecular formula is C19H16ClNO3S. The van der Waals surface area contributed by atoms with Gasteiger partial charge in [0.25, 0.3) is 0 Å². The zero-order valence-corrected chi connectivity index (χ0v) is 15.0. The number of nitrogens with one attached hydrogen (secondary N) is 1. The van der Waals surface area contributed by atoms with E-state index in [0.717, 1.165) is 17.4 Å². The van der Waals surface area contributed by atoms with Gasteiger partial charge in [-0.15, -0.1) is 11.3 Å². The van der Waals surface area contributed by atoms with Gasteiger partial charge in [0.2, 0.25) is 0 Å². The summed E-state index contributed by atoms with van der Waals surface area (Å²) < 4.78 is 0. The molecule has 6 heteroatoms. The van der Waals surface area contributed by atoms with Crippen LogP contribution in [0, 0.1) is 0 Å². The summed E-state index contributed by atoms with van der Waals surface area (Å²) in [6, 6.07) is 16.2. The van der Waals surface area contributed by atoms with Crippen molar-refractivity contribution < 1.29 is 14.7 Å². The van der Waals surface area contributed by atoms with Crippen LogP contribution >= 0.6 is 22.9 Å². The van der Waals surface area contributed by atoms with E-state index in [-0.39, 0.29) is 0 Å². The molecule has 0 radical (unpaired) electrons. The molecule has 0 aliphatic heterocycles. The summed E-state index contributed by atoms with van der Waals surface area (Å²) >= 11 is 7.19. The molecule has 2 aromatic carbocycles. The lowest BCUT2D eigenvalue weighted by Gasteiger charge is -2.03. The molecule has 0 fully saturated rings. The maximum absolute atomic E-state index is 11.2. The SMILES string of the molecule is CNc1scc(-c2ccc(Cl)cc2)c1C(=O)O.O=Cc1ccccc1. The van der Waals surface area contributed by atoms with Crippen molar-refractivity contribution in [2.24, 2.45) is 0 Å². The predicted molar refractivity (Wildman–Crippen MR) is 103 cm³/mol. The highest BCUT2D eigenvalue weighted by atomic mass is 35.5. The second-order valence-electron chi connectivity index (χ2n) is 4.94. The average Bonchev–Trinajstić information content (AvgIpc) is 3.08. The van der Waals surface area contributed by atoms with E-state index >= 15 is 0 Å². The minimum absolute atomic E-state index is 0.305. The van der Waals surface area contributed by atoms with Crippen LogP contribution in [0.25, 0.3) is 11.1 Å². The molecule has 25 heavy (non-hydrogen) atoms. The molecule has 0 saturated heterocycles. The van der Waals surface area contributed by atoms with Crippen LogP contribution in [-0.2, 0) is 0 Å². The molecule has 0 bridgehead atoms. The van der Waals surface area contributed by atoms with Gasteiger partial charge >= 0.3 is 5.97 Å². The Morgan fingerprint density at radius 3 is 2.24 bits per heavy atom. The van der Waals surface area contributed by atoms with Crippen LogP contribution in [-0.4, -0.2) is 24.4 Å². The third-order valence-corrected chi connectivity index (χ3v) is 4.57. The first kappa shape index (κ1) is 18.7. The number of aldehydes is 1. The van der Waals surface area contributed by atoms with Crippen molar-refractivity contribution in [3.63, 3.8) is 0 Å². The van der Waals surface area contributed by atoms with Gasteiger partial charge in [-0.3, -0.25) is 4.79 Å². The summed E-state index contributed by atoms with van der Waals surface area (Å²) in [4.78, 5) is 21.2. The minimum Gasteiger partial charge on any atom is -0.478 e. The van der Waals surface area contributed by atoms with Gasteiger partial charge in [0.1, 0.15) is 16.9 Å². The smallest absolute Gasteiger partial charge is 0.339 e. The molecule has 0 aliphatic rings. The molecule has 1 heterocycles. The van der Waals surface area contributed by atoms with Gasteiger partial charge < -0.3 is 10.4 Å². The highest BCUT2D eigenvalue weighted by molar-refractivity contribution is 7.15. The largest absolute Gasteiger partial charge is 0.478 e. The number of aromatic carboxylic acids is 1. The summed E-state index contributed by atoms with van der Waals surface area (Å²) in [6.07, 6.45) is 0.833. The maximum Gasteiger partial charge on any atom is 0.339 e. The van der Waals surface area contributed by atoms with E-state index in [1.807, 2.05) is 35.7 Å². The number of thiophene rings is 1. The van der Waals surface area contributed by atoms with Crippen LogP contribution in [0.3, 0.4) is 0 Å². The average molecular weight is 374 g/mol. The molecular weight excluding hydrogens is 358 g/mol. The van der Waals surface area contributed by atoms with Gasteiger partial charge in [-0.2, -0.15) is 0 Å². The molecule has 0 spiro atoms. The second-order valence-corrected chi connectivity index (χ2v) is 6.26. The topological polar surface area (TPSA) is 66.4 Å². The van der Waals surface area contributed by atoms with Gasteiger partial charge in [0, 0.05) is 28.6 Å². The Morgan fingerprint density at radius 1 is 1.12 bits per heavy atom. The van der Waals surface area contributed by atoms with Crippen LogP contribution in [0.15, 0.2) is 60.0 Å². The van der Waals surface area contributed by atoms with Gasteiger partial charge in [0.15, 0.2) is 0 Å². The summed E-state index contributed by atoms with van der Waals surface area (Å²) in [5.41, 5.74) is 2.60. The monoisotopic (exact) mass is 373 g/mol. The molecule has 2 N–H and O–H groups in total. The van der Waals surface area contributed by atoms with Crippen molar-refractivity contribution in [3.8, 4) is 11.1 Å². The first-order valence-corrected chi connectivity index (χ1v) is 8.61. The Balaban J connectivity index is 0.000000236. The van der Waals surface area contributed by atoms with Crippen molar-refractivity contribution in [3.05, 3.63) is 76.1 Å². The number of carboxylic acid groups (broad SMARTS) is 1. The predicted octanol–water partition coefficient (Wildman–Crippen LogP) is 5.31. The highest BCUT2D eigenvalue weighted by Gasteiger charge is 2.18. The van der Waals surface area contributed by atoms with E-state index in [1.165, 1.54) is 11.3 Å². The number of anilines is 1. The van der Waals surface area contributed by atoms with Crippen molar-refractivity contribution in [1.29, 1.82) is 0 Å². The molecule has 0 aliphatic carbocycles. The fourth-order valence-corrected chi connectivity index (χ4v) is 3.18. The lowest BCUT2D eigenvalue weighted by atomic mass is 10.0. The van der Waals surface area contributed by atoms with Gasteiger partial charge in [0.05, 0.1) is 0 Å². The van der Waals surface area contributed by atoms with Crippen molar-refractivity contribution in [1.82, 2.24) is 0 Å². The zero-order chi connectivity index (χ0) is 18.2. The number of halogens is 1. The highest BCUT2D eigenvalue weighted by Crippen LogP contribution is 2.35. The molecule has 1 aromatic heterocycles. The van der Waals surface area contributed by atoms with Crippen LogP contribution in [0.5, 0.6) is 0 Å². The number of rotatable bonds is 4. The lowest BCUT2D eigenvalue weighted by Crippen LogP contribution is -2.00. The first-order valence-electron chi connectivity index (χ1n) is 7.35. The van der Waals surface area contributed by atoms with Gasteiger partial charge in [-0.05, 0) is 17.7 Å². The zero-order valence-electron chi connectivity index (χ0n) is 13.4. The normalized spacial score (nSPS) is 9.68. The Kier molecular flexibility index (Phi) is 6.74. The van der Waals surface area contributed by atoms with E-state index in [0.29, 0.717) is 21.2 Å². The summed E-state index contributed by atoms with van der Waals surface area (Å²) in [5, 5.41) is 15.2. The van der Waals surface area contributed by atoms with E-state index in [2.05, 4.69) is 5.32 Å². The quantitative estimate of drug-likeness (QED) is 0.608. The van der Waals surface area contributed by atoms with E-state index in [4.69, 9.17) is 11.6 Å². The number of hydrogen-bond donors (Lipinski definition) is 2. The number of benzene rings is 2. The van der Waals surface area contributed by atoms with Crippen LogP contribution in [0.4, 0.5) is 5.00 Å². The van der Waals surface area contributed by atoms with Crippen molar-refractivity contribution >= 4 is 40.2 Å². The lowest BCUT2D eigenvalue weighted by molar-refractivity contribution is 0.0699. The molecule has 128 valence electrons. The molecule has 0 saturated carbocycles. The fraction of sp³-hybridized carbons (Fsp3) is 0.0526. The Morgan fingerprint density at radius 2 is 1.76 bits per heavy atom. The first-order chi connectivity index (χ1) is 12.1. The van der Waals surface area contributed by atoms with Crippen LogP contribution < -0.4 is 5.32 Å². The summed E-state index contributed by atoms with van der Waals surface area (Å²) in [6.45, 7) is 0. The third kappa shape index (κ3) is 4.92. The van der Waals surface area contributed by atoms with E-state index in [1.54, 1.807) is 31.3 Å². The second kappa shape index (κ2) is 9.01. The molecule has 0 atom stereocenters. The number of hydrogen-bond acceptors (Lipinski definition) is 4. The molecule has 3 aromatic rings. The van der Waals surface area contributed by atoms with E-state index in [9.17, 15) is 14.7 Å². The minimum atomic E-state index is -0.930. The Bertz CT molecular complexity index is 845. The standard InChI is InChI=1S/C12H10ClNO2S.C7H6O/c1-14-11-10(12(15)16)9(6-17-11)7-2-4-8(13)5-3-7;8-6-7-4-2-1-3-5-7/h2-6,14H,1H3,(H,15,16);1-6H. The van der Waals surface area contributed by atoms with Crippen LogP contribution in [0.2, 0.25) is 5.02 Å². The number of carboxylic acids is 1. The van der Waals surface area contributed by atoms with Gasteiger partial charge in [-0.25, -0.2) is 4.79 Å². The van der Waals surface area contributed by atoms with Crippen LogP contribution in [0.1, 0.15) is 20.7 Å². The number of carbonyl (C=O) groups excluding carboxylic acids is 1. The molecule has 0 amide bonds. The molecule has 3 rings (SSSR count). The van der Waals surface area contributed by atoms with E-state index < -0.39 is 5.97 Å². The fourth-order valence-electron chi connectivity index (χ4n) is 2.13. The van der Waals surface area contributed by atoms with Crippen molar-refractivity contribution in [2.45, 2.75) is 0 Å². The molecule has 0 unspecified atom stereocenters. The third-order valence-electron chi connectivity index (χ3n) is 3.32. The number of carbonyl (C=O) groups is 2. The maximum atomic E-state index is 11.2. The van der Waals surface area contributed by atoms with Gasteiger partial charge in [-0.1, -0.05) is 54.1 Å².